The summed E-state index contributed by atoms with van der Waals surface area (Å²) in [6.45, 7) is 4.27. The Hall–Kier alpha value is -1.45. The molecule has 114 valence electrons. The Balaban J connectivity index is 1.86. The van der Waals surface area contributed by atoms with Crippen molar-refractivity contribution in [2.24, 2.45) is 4.99 Å². The quantitative estimate of drug-likeness (QED) is 0.409. The molecular weight excluding hydrogens is 312 g/mol. The van der Waals surface area contributed by atoms with E-state index in [4.69, 9.17) is 16.6 Å². The number of aryl methyl sites for hydroxylation is 1. The number of aliphatic imine (C=N–C) groups is 1. The maximum Gasteiger partial charge on any atom is 0.169 e. The monoisotopic (exact) mass is 330 g/mol. The predicted octanol–water partition coefficient (Wildman–Crippen LogP) is 5.52. The van der Waals surface area contributed by atoms with Crippen LogP contribution in [0, 0.1) is 6.92 Å². The van der Waals surface area contributed by atoms with Crippen molar-refractivity contribution in [1.82, 2.24) is 4.90 Å². The van der Waals surface area contributed by atoms with Crippen LogP contribution in [0.2, 0.25) is 5.02 Å². The molecule has 0 spiro atoms. The van der Waals surface area contributed by atoms with Gasteiger partial charge in [0.25, 0.3) is 0 Å². The summed E-state index contributed by atoms with van der Waals surface area (Å²) in [6, 6.07) is 16.3. The highest BCUT2D eigenvalue weighted by molar-refractivity contribution is 8.13. The van der Waals surface area contributed by atoms with E-state index < -0.39 is 0 Å². The standard InChI is InChI=1S/C18H19ClN2S/c1-14-4-8-16(9-5-14)20-18(21-12-2-3-13-21)22-17-10-6-15(19)7-11-17/h4-11H,2-3,12-13H2,1H3. The Labute approximate surface area is 141 Å². The van der Waals surface area contributed by atoms with Crippen molar-refractivity contribution in [3.05, 3.63) is 59.1 Å². The van der Waals surface area contributed by atoms with Crippen LogP contribution in [0.15, 0.2) is 58.4 Å². The third kappa shape index (κ3) is 4.05. The Morgan fingerprint density at radius 1 is 1.00 bits per heavy atom. The van der Waals surface area contributed by atoms with Crippen LogP contribution in [-0.2, 0) is 0 Å². The van der Waals surface area contributed by atoms with Gasteiger partial charge in [0.15, 0.2) is 5.17 Å². The van der Waals surface area contributed by atoms with Gasteiger partial charge >= 0.3 is 0 Å². The summed E-state index contributed by atoms with van der Waals surface area (Å²) in [5, 5.41) is 1.84. The molecular formula is C18H19ClN2S. The molecule has 0 unspecified atom stereocenters. The second kappa shape index (κ2) is 7.21. The van der Waals surface area contributed by atoms with Crippen LogP contribution in [-0.4, -0.2) is 23.2 Å². The fraction of sp³-hybridized carbons (Fsp3) is 0.278. The Morgan fingerprint density at radius 3 is 2.27 bits per heavy atom. The van der Waals surface area contributed by atoms with Crippen LogP contribution in [0.5, 0.6) is 0 Å². The minimum absolute atomic E-state index is 0.766. The van der Waals surface area contributed by atoms with Gasteiger partial charge in [-0.2, -0.15) is 0 Å². The molecule has 0 aliphatic carbocycles. The number of rotatable bonds is 2. The summed E-state index contributed by atoms with van der Waals surface area (Å²) in [5.41, 5.74) is 2.26. The molecule has 0 radical (unpaired) electrons. The van der Waals surface area contributed by atoms with Gasteiger partial charge in [0.05, 0.1) is 5.69 Å². The van der Waals surface area contributed by atoms with Gasteiger partial charge in [0.1, 0.15) is 0 Å². The van der Waals surface area contributed by atoms with Crippen molar-refractivity contribution in [2.45, 2.75) is 24.7 Å². The highest BCUT2D eigenvalue weighted by atomic mass is 35.5. The second-order valence-electron chi connectivity index (χ2n) is 5.48. The van der Waals surface area contributed by atoms with Crippen molar-refractivity contribution in [2.75, 3.05) is 13.1 Å². The average molecular weight is 331 g/mol. The number of halogens is 1. The molecule has 0 bridgehead atoms. The molecule has 0 N–H and O–H groups in total. The maximum absolute atomic E-state index is 5.97. The first-order chi connectivity index (χ1) is 10.7. The molecule has 1 fully saturated rings. The zero-order chi connectivity index (χ0) is 15.4. The summed E-state index contributed by atoms with van der Waals surface area (Å²) in [5.74, 6) is 0. The van der Waals surface area contributed by atoms with E-state index in [-0.39, 0.29) is 0 Å². The number of nitrogens with zero attached hydrogens (tertiary/aromatic N) is 2. The molecule has 4 heteroatoms. The fourth-order valence-corrected chi connectivity index (χ4v) is 3.48. The van der Waals surface area contributed by atoms with E-state index in [0.29, 0.717) is 0 Å². The number of thioether (sulfide) groups is 1. The first kappa shape index (κ1) is 15.4. The highest BCUT2D eigenvalue weighted by Gasteiger charge is 2.17. The van der Waals surface area contributed by atoms with Gasteiger partial charge in [-0.3, -0.25) is 0 Å². The average Bonchev–Trinajstić information content (AvgIpc) is 3.05. The third-order valence-corrected chi connectivity index (χ3v) is 4.95. The summed E-state index contributed by atoms with van der Waals surface area (Å²) < 4.78 is 0. The smallest absolute Gasteiger partial charge is 0.169 e. The molecule has 2 aromatic rings. The minimum atomic E-state index is 0.766. The first-order valence-corrected chi connectivity index (χ1v) is 8.74. The van der Waals surface area contributed by atoms with Crippen LogP contribution in [0.25, 0.3) is 0 Å². The van der Waals surface area contributed by atoms with Gasteiger partial charge in [-0.1, -0.05) is 41.1 Å². The molecule has 0 amide bonds. The van der Waals surface area contributed by atoms with Crippen molar-refractivity contribution in [3.63, 3.8) is 0 Å². The van der Waals surface area contributed by atoms with E-state index in [9.17, 15) is 0 Å². The molecule has 2 aromatic carbocycles. The van der Waals surface area contributed by atoms with Crippen molar-refractivity contribution in [1.29, 1.82) is 0 Å². The lowest BCUT2D eigenvalue weighted by atomic mass is 10.2. The van der Waals surface area contributed by atoms with Gasteiger partial charge in [0, 0.05) is 23.0 Å². The zero-order valence-corrected chi connectivity index (χ0v) is 14.2. The van der Waals surface area contributed by atoms with E-state index in [1.807, 2.05) is 24.3 Å². The highest BCUT2D eigenvalue weighted by Crippen LogP contribution is 2.28. The molecule has 2 nitrogen and oxygen atoms in total. The number of likely N-dealkylation sites (tertiary alicyclic amines) is 1. The lowest BCUT2D eigenvalue weighted by Crippen LogP contribution is -2.24. The third-order valence-electron chi connectivity index (χ3n) is 3.66. The second-order valence-corrected chi connectivity index (χ2v) is 6.96. The van der Waals surface area contributed by atoms with Crippen LogP contribution < -0.4 is 0 Å². The van der Waals surface area contributed by atoms with E-state index in [1.165, 1.54) is 23.3 Å². The Morgan fingerprint density at radius 2 is 1.64 bits per heavy atom. The van der Waals surface area contributed by atoms with Crippen molar-refractivity contribution >= 4 is 34.2 Å². The molecule has 1 saturated heterocycles. The van der Waals surface area contributed by atoms with Crippen molar-refractivity contribution in [3.8, 4) is 0 Å². The summed E-state index contributed by atoms with van der Waals surface area (Å²) in [6.07, 6.45) is 2.49. The SMILES string of the molecule is Cc1ccc(N=C(Sc2ccc(Cl)cc2)N2CCCC2)cc1. The van der Waals surface area contributed by atoms with Crippen LogP contribution in [0.3, 0.4) is 0 Å². The Bertz CT molecular complexity index is 644. The molecule has 3 rings (SSSR count). The normalized spacial score (nSPS) is 15.4. The predicted molar refractivity (Wildman–Crippen MR) is 96.4 cm³/mol. The van der Waals surface area contributed by atoms with E-state index in [1.54, 1.807) is 11.8 Å². The summed E-state index contributed by atoms with van der Waals surface area (Å²) in [7, 11) is 0. The van der Waals surface area contributed by atoms with Crippen molar-refractivity contribution < 1.29 is 0 Å². The number of hydrogen-bond donors (Lipinski definition) is 0. The van der Waals surface area contributed by atoms with Gasteiger partial charge in [-0.15, -0.1) is 0 Å². The number of amidine groups is 1. The molecule has 0 aromatic heterocycles. The molecule has 1 heterocycles. The molecule has 1 aliphatic rings. The summed E-state index contributed by atoms with van der Waals surface area (Å²) >= 11 is 7.68. The van der Waals surface area contributed by atoms with Gasteiger partial charge in [0.2, 0.25) is 0 Å². The van der Waals surface area contributed by atoms with Crippen LogP contribution in [0.4, 0.5) is 5.69 Å². The molecule has 0 saturated carbocycles. The largest absolute Gasteiger partial charge is 0.351 e. The minimum Gasteiger partial charge on any atom is -0.351 e. The van der Waals surface area contributed by atoms with Gasteiger partial charge in [-0.05, 0) is 56.2 Å². The van der Waals surface area contributed by atoms with Crippen LogP contribution in [0.1, 0.15) is 18.4 Å². The lowest BCUT2D eigenvalue weighted by Gasteiger charge is -2.19. The molecule has 22 heavy (non-hydrogen) atoms. The molecule has 0 atom stereocenters. The fourth-order valence-electron chi connectivity index (χ4n) is 2.40. The summed E-state index contributed by atoms with van der Waals surface area (Å²) in [4.78, 5) is 8.41. The lowest BCUT2D eigenvalue weighted by molar-refractivity contribution is 0.530. The number of benzene rings is 2. The van der Waals surface area contributed by atoms with Gasteiger partial charge in [-0.25, -0.2) is 4.99 Å². The topological polar surface area (TPSA) is 15.6 Å². The van der Waals surface area contributed by atoms with Crippen LogP contribution >= 0.6 is 23.4 Å². The van der Waals surface area contributed by atoms with Gasteiger partial charge < -0.3 is 4.90 Å². The number of hydrogen-bond acceptors (Lipinski definition) is 2. The van der Waals surface area contributed by atoms with E-state index >= 15 is 0 Å². The first-order valence-electron chi connectivity index (χ1n) is 7.54. The van der Waals surface area contributed by atoms with E-state index in [0.717, 1.165) is 29.0 Å². The maximum atomic E-state index is 5.97. The van der Waals surface area contributed by atoms with E-state index in [2.05, 4.69) is 36.1 Å². The zero-order valence-electron chi connectivity index (χ0n) is 12.6. The Kier molecular flexibility index (Phi) is 5.06. The molecule has 1 aliphatic heterocycles.